The predicted octanol–water partition coefficient (Wildman–Crippen LogP) is 1.25. The molecule has 0 saturated heterocycles. The van der Waals surface area contributed by atoms with Crippen LogP contribution in [-0.4, -0.2) is 29.9 Å². The number of aryl methyl sites for hydroxylation is 1. The third kappa shape index (κ3) is 1.98. The largest absolute Gasteiger partial charge is 0.373 e. The number of nitrogens with zero attached hydrogens (tertiary/aromatic N) is 1. The summed E-state index contributed by atoms with van der Waals surface area (Å²) in [5.41, 5.74) is 0.770. The van der Waals surface area contributed by atoms with Crippen LogP contribution in [0.2, 0.25) is 0 Å². The van der Waals surface area contributed by atoms with E-state index in [2.05, 4.69) is 10.3 Å². The van der Waals surface area contributed by atoms with Crippen LogP contribution in [0.15, 0.2) is 0 Å². The van der Waals surface area contributed by atoms with Crippen LogP contribution in [-0.2, 0) is 16.0 Å². The summed E-state index contributed by atoms with van der Waals surface area (Å²) in [6, 6.07) is 0. The molecule has 86 valence electrons. The van der Waals surface area contributed by atoms with Crippen LogP contribution in [0, 0.1) is 0 Å². The number of ketones is 1. The summed E-state index contributed by atoms with van der Waals surface area (Å²) in [6.45, 7) is 1.42. The number of aromatic nitrogens is 1. The van der Waals surface area contributed by atoms with Crippen LogP contribution in [0.3, 0.4) is 0 Å². The van der Waals surface area contributed by atoms with Crippen molar-refractivity contribution in [1.29, 1.82) is 0 Å². The van der Waals surface area contributed by atoms with Gasteiger partial charge in [0.1, 0.15) is 6.10 Å². The van der Waals surface area contributed by atoms with Gasteiger partial charge in [0, 0.05) is 14.0 Å². The van der Waals surface area contributed by atoms with Gasteiger partial charge in [0.25, 0.3) is 0 Å². The van der Waals surface area contributed by atoms with Gasteiger partial charge < -0.3 is 10.1 Å². The van der Waals surface area contributed by atoms with Crippen molar-refractivity contribution in [2.75, 3.05) is 12.4 Å². The van der Waals surface area contributed by atoms with Crippen LogP contribution in [0.4, 0.5) is 5.13 Å². The lowest BCUT2D eigenvalue weighted by Crippen LogP contribution is -2.28. The van der Waals surface area contributed by atoms with Crippen molar-refractivity contribution in [2.45, 2.75) is 25.9 Å². The molecule has 0 bridgehead atoms. The SMILES string of the molecule is COC1CCc2nc(NC(C)=O)sc2C1=O. The lowest BCUT2D eigenvalue weighted by atomic mass is 9.99. The number of anilines is 1. The number of rotatable bonds is 2. The Morgan fingerprint density at radius 2 is 2.38 bits per heavy atom. The molecule has 1 aliphatic rings. The van der Waals surface area contributed by atoms with Crippen LogP contribution in [0.25, 0.3) is 0 Å². The number of hydrogen-bond acceptors (Lipinski definition) is 5. The van der Waals surface area contributed by atoms with Gasteiger partial charge in [-0.05, 0) is 12.8 Å². The van der Waals surface area contributed by atoms with Crippen molar-refractivity contribution in [3.63, 3.8) is 0 Å². The number of ether oxygens (including phenoxy) is 1. The Hall–Kier alpha value is -1.27. The second-order valence-electron chi connectivity index (χ2n) is 3.60. The molecule has 0 aliphatic heterocycles. The highest BCUT2D eigenvalue weighted by molar-refractivity contribution is 7.17. The minimum absolute atomic E-state index is 0.0298. The molecule has 0 aromatic carbocycles. The molecule has 16 heavy (non-hydrogen) atoms. The standard InChI is InChI=1S/C10H12N2O3S/c1-5(13)11-10-12-6-3-4-7(15-2)8(14)9(6)16-10/h7H,3-4H2,1-2H3,(H,11,12,13). The number of Topliss-reactive ketones (excluding diaryl/α,β-unsaturated/α-hetero) is 1. The van der Waals surface area contributed by atoms with Crippen molar-refractivity contribution < 1.29 is 14.3 Å². The first-order valence-corrected chi connectivity index (χ1v) is 5.77. The molecule has 1 amide bonds. The molecule has 1 unspecified atom stereocenters. The van der Waals surface area contributed by atoms with Crippen molar-refractivity contribution >= 4 is 28.2 Å². The van der Waals surface area contributed by atoms with E-state index in [1.807, 2.05) is 0 Å². The molecule has 5 nitrogen and oxygen atoms in total. The van der Waals surface area contributed by atoms with Crippen LogP contribution >= 0.6 is 11.3 Å². The van der Waals surface area contributed by atoms with Crippen molar-refractivity contribution in [2.24, 2.45) is 0 Å². The van der Waals surface area contributed by atoms with E-state index in [4.69, 9.17) is 4.74 Å². The van der Waals surface area contributed by atoms with Gasteiger partial charge in [-0.3, -0.25) is 9.59 Å². The maximum Gasteiger partial charge on any atom is 0.223 e. The molecule has 1 aromatic heterocycles. The highest BCUT2D eigenvalue weighted by Crippen LogP contribution is 2.30. The monoisotopic (exact) mass is 240 g/mol. The van der Waals surface area contributed by atoms with E-state index in [-0.39, 0.29) is 17.8 Å². The van der Waals surface area contributed by atoms with Gasteiger partial charge in [0.15, 0.2) is 5.13 Å². The second-order valence-corrected chi connectivity index (χ2v) is 4.60. The summed E-state index contributed by atoms with van der Waals surface area (Å²) < 4.78 is 5.09. The zero-order chi connectivity index (χ0) is 11.7. The number of methoxy groups -OCH3 is 1. The van der Waals surface area contributed by atoms with Gasteiger partial charge >= 0.3 is 0 Å². The van der Waals surface area contributed by atoms with E-state index < -0.39 is 0 Å². The molecular formula is C10H12N2O3S. The molecule has 2 rings (SSSR count). The minimum Gasteiger partial charge on any atom is -0.373 e. The first-order valence-electron chi connectivity index (χ1n) is 4.96. The Morgan fingerprint density at radius 1 is 1.62 bits per heavy atom. The first kappa shape index (κ1) is 11.2. The number of nitrogens with one attached hydrogen (secondary N) is 1. The van der Waals surface area contributed by atoms with Gasteiger partial charge in [-0.25, -0.2) is 4.98 Å². The summed E-state index contributed by atoms with van der Waals surface area (Å²) in [5, 5.41) is 3.08. The van der Waals surface area contributed by atoms with Gasteiger partial charge in [0.2, 0.25) is 11.7 Å². The summed E-state index contributed by atoms with van der Waals surface area (Å²) >= 11 is 1.22. The van der Waals surface area contributed by atoms with Gasteiger partial charge in [0.05, 0.1) is 10.6 Å². The van der Waals surface area contributed by atoms with Gasteiger partial charge in [-0.2, -0.15) is 0 Å². The molecule has 0 radical (unpaired) electrons. The molecular weight excluding hydrogens is 228 g/mol. The number of amides is 1. The molecule has 6 heteroatoms. The summed E-state index contributed by atoms with van der Waals surface area (Å²) in [4.78, 5) is 27.6. The molecule has 1 atom stereocenters. The predicted molar refractivity (Wildman–Crippen MR) is 59.9 cm³/mol. The van der Waals surface area contributed by atoms with Gasteiger partial charge in [-0.1, -0.05) is 11.3 Å². The number of fused-ring (bicyclic) bond motifs is 1. The Morgan fingerprint density at radius 3 is 3.00 bits per heavy atom. The third-order valence-electron chi connectivity index (χ3n) is 2.42. The number of thiazole rings is 1. The average Bonchev–Trinajstić information content (AvgIpc) is 2.61. The van der Waals surface area contributed by atoms with Gasteiger partial charge in [-0.15, -0.1) is 0 Å². The third-order valence-corrected chi connectivity index (χ3v) is 3.45. The molecule has 1 aliphatic carbocycles. The number of carbonyl (C=O) groups is 2. The zero-order valence-electron chi connectivity index (χ0n) is 9.07. The van der Waals surface area contributed by atoms with Crippen molar-refractivity contribution in [1.82, 2.24) is 4.98 Å². The molecule has 1 aromatic rings. The van der Waals surface area contributed by atoms with Crippen molar-refractivity contribution in [3.05, 3.63) is 10.6 Å². The van der Waals surface area contributed by atoms with Crippen LogP contribution < -0.4 is 5.32 Å². The fourth-order valence-corrected chi connectivity index (χ4v) is 2.73. The molecule has 0 fully saturated rings. The lowest BCUT2D eigenvalue weighted by Gasteiger charge is -2.17. The minimum atomic E-state index is -0.363. The Bertz CT molecular complexity index is 441. The lowest BCUT2D eigenvalue weighted by molar-refractivity contribution is -0.114. The maximum absolute atomic E-state index is 11.9. The first-order chi connectivity index (χ1) is 7.61. The highest BCUT2D eigenvalue weighted by Gasteiger charge is 2.30. The van der Waals surface area contributed by atoms with Crippen LogP contribution in [0.1, 0.15) is 28.7 Å². The zero-order valence-corrected chi connectivity index (χ0v) is 9.89. The van der Waals surface area contributed by atoms with E-state index in [0.29, 0.717) is 16.4 Å². The van der Waals surface area contributed by atoms with E-state index in [9.17, 15) is 9.59 Å². The summed E-state index contributed by atoms with van der Waals surface area (Å²) in [7, 11) is 1.53. The smallest absolute Gasteiger partial charge is 0.223 e. The highest BCUT2D eigenvalue weighted by atomic mass is 32.1. The quantitative estimate of drug-likeness (QED) is 0.844. The molecule has 0 saturated carbocycles. The number of carbonyl (C=O) groups excluding carboxylic acids is 2. The fraction of sp³-hybridized carbons (Fsp3) is 0.500. The summed E-state index contributed by atoms with van der Waals surface area (Å²) in [5.74, 6) is -0.209. The van der Waals surface area contributed by atoms with E-state index in [1.165, 1.54) is 25.4 Å². The Kier molecular flexibility index (Phi) is 3.02. The summed E-state index contributed by atoms with van der Waals surface area (Å²) in [6.07, 6.45) is 1.01. The van der Waals surface area contributed by atoms with E-state index in [1.54, 1.807) is 0 Å². The van der Waals surface area contributed by atoms with Crippen LogP contribution in [0.5, 0.6) is 0 Å². The molecule has 1 heterocycles. The fourth-order valence-electron chi connectivity index (χ4n) is 1.69. The Labute approximate surface area is 96.8 Å². The van der Waals surface area contributed by atoms with Crippen molar-refractivity contribution in [3.8, 4) is 0 Å². The average molecular weight is 240 g/mol. The molecule has 1 N–H and O–H groups in total. The normalized spacial score (nSPS) is 19.4. The Balaban J connectivity index is 2.27. The van der Waals surface area contributed by atoms with E-state index in [0.717, 1.165) is 12.1 Å². The van der Waals surface area contributed by atoms with E-state index >= 15 is 0 Å². The molecule has 0 spiro atoms. The maximum atomic E-state index is 11.9. The second kappa shape index (κ2) is 4.31. The topological polar surface area (TPSA) is 68.3 Å². The number of hydrogen-bond donors (Lipinski definition) is 1.